The highest BCUT2D eigenvalue weighted by atomic mass is 32.1. The van der Waals surface area contributed by atoms with E-state index in [9.17, 15) is 10.5 Å². The van der Waals surface area contributed by atoms with E-state index in [1.807, 2.05) is 36.0 Å². The van der Waals surface area contributed by atoms with E-state index >= 15 is 26.3 Å². The fraction of sp³-hybridized carbons (Fsp3) is 0.535. The molecule has 28 heteroatoms. The highest BCUT2D eigenvalue weighted by Gasteiger charge is 2.64. The number of morpholine rings is 2. The number of nitrogens with zero attached hydrogens (tertiary/aromatic N) is 15. The van der Waals surface area contributed by atoms with Crippen molar-refractivity contribution < 1.29 is 45.3 Å². The zero-order valence-corrected chi connectivity index (χ0v) is 57.7. The third-order valence-corrected chi connectivity index (χ3v) is 25.3. The molecule has 4 atom stereocenters. The Morgan fingerprint density at radius 2 is 1.21 bits per heavy atom. The van der Waals surface area contributed by atoms with E-state index < -0.39 is 34.9 Å². The Labute approximate surface area is 576 Å². The molecule has 5 aliphatic carbocycles. The van der Waals surface area contributed by atoms with Crippen molar-refractivity contribution >= 4 is 93.0 Å². The number of anilines is 3. The maximum absolute atomic E-state index is 17.6. The summed E-state index contributed by atoms with van der Waals surface area (Å²) in [5.74, 6) is -5.54. The molecule has 6 aromatic heterocycles. The highest BCUT2D eigenvalue weighted by Crippen LogP contribution is 2.58. The lowest BCUT2D eigenvalue weighted by molar-refractivity contribution is -0.0789. The van der Waals surface area contributed by atoms with E-state index in [1.54, 1.807) is 0 Å². The molecule has 16 rings (SSSR count). The lowest BCUT2D eigenvalue weighted by Gasteiger charge is -2.54. The molecule has 8 aliphatic rings. The first-order valence-corrected chi connectivity index (χ1v) is 35.6. The molecule has 8 fully saturated rings. The minimum Gasteiger partial charge on any atom is -0.463 e. The van der Waals surface area contributed by atoms with Crippen molar-refractivity contribution in [2.45, 2.75) is 118 Å². The quantitative estimate of drug-likeness (QED) is 0.0465. The summed E-state index contributed by atoms with van der Waals surface area (Å²) < 4.78 is 122. The summed E-state index contributed by atoms with van der Waals surface area (Å²) in [4.78, 5) is 45.8. The molecular weight excluding hydrogens is 1320 g/mol. The summed E-state index contributed by atoms with van der Waals surface area (Å²) >= 11 is 1.47. The summed E-state index contributed by atoms with van der Waals surface area (Å²) in [6.45, 7) is 9.81. The second-order valence-electron chi connectivity index (χ2n) is 30.0. The average molecular weight is 1400 g/mol. The molecule has 2 bridgehead atoms. The number of pyridine rings is 2. The van der Waals surface area contributed by atoms with Gasteiger partial charge in [0, 0.05) is 122 Å². The van der Waals surface area contributed by atoms with E-state index in [1.165, 1.54) is 12.4 Å². The SMILES string of the molecule is C=Nc1sc2c(F)c(F)cc(-c3ncc4c(N(C)CC5(N(C)C)CCC5)nc(OCC5(CN6CCOC7(CC8CC(CN(C)c9nc(OCC%10(CN%11CC%12CCC(C%11)O%12)CC%10)nc%10c(F)c(-c%11cc(F)c(F)c%12sc(N)c(C#N)c%11%12)ncc9%10)(N(C)C)C8)C[C@@H]67)CC5)nc4c3F)c2c1C#N. The number of rotatable bonds is 23. The number of nitrogens with two attached hydrogens (primary N) is 1. The number of hydrogen-bond acceptors (Lipinski definition) is 22. The number of likely N-dealkylation sites (tertiary alicyclic amines) is 1. The largest absolute Gasteiger partial charge is 0.463 e. The van der Waals surface area contributed by atoms with E-state index in [2.05, 4.69) is 69.5 Å². The van der Waals surface area contributed by atoms with Crippen LogP contribution in [0.5, 0.6) is 12.0 Å². The molecule has 3 unspecified atom stereocenters. The third-order valence-electron chi connectivity index (χ3n) is 23.2. The monoisotopic (exact) mass is 1390 g/mol. The number of hydrogen-bond donors (Lipinski definition) is 1. The number of thiophene rings is 2. The van der Waals surface area contributed by atoms with Crippen molar-refractivity contribution in [3.05, 3.63) is 70.6 Å². The van der Waals surface area contributed by atoms with Gasteiger partial charge in [-0.1, -0.05) is 0 Å². The van der Waals surface area contributed by atoms with Crippen LogP contribution in [-0.4, -0.2) is 199 Å². The Hall–Kier alpha value is -7.67. The number of aromatic nitrogens is 6. The second kappa shape index (κ2) is 24.3. The fourth-order valence-corrected chi connectivity index (χ4v) is 19.0. The summed E-state index contributed by atoms with van der Waals surface area (Å²) in [7, 11) is 12.1. The maximum Gasteiger partial charge on any atom is 0.319 e. The van der Waals surface area contributed by atoms with Crippen LogP contribution >= 0.6 is 22.7 Å². The number of ether oxygens (including phenoxy) is 4. The van der Waals surface area contributed by atoms with Gasteiger partial charge in [-0.25, -0.2) is 26.3 Å². The summed E-state index contributed by atoms with van der Waals surface area (Å²) in [6.07, 6.45) is 15.6. The van der Waals surface area contributed by atoms with Gasteiger partial charge in [0.25, 0.3) is 0 Å². The zero-order chi connectivity index (χ0) is 69.0. The molecule has 3 aliphatic heterocycles. The molecule has 2 N–H and O–H groups in total. The number of fused-ring (bicyclic) bond motifs is 7. The molecule has 2 aromatic carbocycles. The van der Waals surface area contributed by atoms with Crippen molar-refractivity contribution in [2.24, 2.45) is 21.7 Å². The Morgan fingerprint density at radius 1 is 0.687 bits per heavy atom. The lowest BCUT2D eigenvalue weighted by atomic mass is 9.64. The molecule has 20 nitrogen and oxygen atoms in total. The van der Waals surface area contributed by atoms with Crippen LogP contribution in [0.2, 0.25) is 0 Å². The zero-order valence-electron chi connectivity index (χ0n) is 56.1. The van der Waals surface area contributed by atoms with Crippen LogP contribution in [-0.2, 0) is 9.47 Å². The van der Waals surface area contributed by atoms with Gasteiger partial charge in [-0.05, 0) is 136 Å². The predicted molar refractivity (Wildman–Crippen MR) is 367 cm³/mol. The van der Waals surface area contributed by atoms with Gasteiger partial charge in [0.15, 0.2) is 34.9 Å². The predicted octanol–water partition coefficient (Wildman–Crippen LogP) is 11.8. The topological polar surface area (TPSA) is 220 Å². The van der Waals surface area contributed by atoms with Crippen molar-refractivity contribution in [3.8, 4) is 46.7 Å². The van der Waals surface area contributed by atoms with E-state index in [4.69, 9.17) is 44.6 Å². The first-order valence-electron chi connectivity index (χ1n) is 33.9. The molecule has 3 saturated heterocycles. The Balaban J connectivity index is 0.631. The van der Waals surface area contributed by atoms with Gasteiger partial charge in [-0.2, -0.15) is 30.5 Å². The number of nitrogen functional groups attached to an aromatic ring is 1. The van der Waals surface area contributed by atoms with Gasteiger partial charge in [-0.15, -0.1) is 22.7 Å². The minimum atomic E-state index is -1.24. The van der Waals surface area contributed by atoms with Crippen LogP contribution in [0.1, 0.15) is 94.6 Å². The van der Waals surface area contributed by atoms with Crippen LogP contribution in [0, 0.1) is 74.3 Å². The third kappa shape index (κ3) is 11.2. The number of benzene rings is 2. The summed E-state index contributed by atoms with van der Waals surface area (Å²) in [5.41, 5.74) is 3.69. The Bertz CT molecular complexity index is 4720. The standard InChI is InChI=1S/C71H76F6N16O4S2/c1-81-64-43(26-79)50-41(20-47(73)52(75)60(50)99-64)56-54(77)57-44(27-83-56)62(90(6)33-69(88(2)3)11-8-12-69)86-66(85-57)95-36-68(15-16-68)32-93-17-18-96-71(24-48(71)93)23-37-21-70(22-37,89(4)5)34-91(7)63-45-28-82-55(40-19-46(72)51(74)59-49(40)42(25-78)61(80)98-59)53(76)58(45)84-65(87-63)94-35-67(13-14-67)31-92-29-38-9-10-39(30-92)97-38/h19-20,27-28,37-39,48H,1,8-18,21-24,29-36,80H2,2-7H3/t37?,38?,39?,48-,70?,71?/m1/s1. The fourth-order valence-electron chi connectivity index (χ4n) is 17.0. The summed E-state index contributed by atoms with van der Waals surface area (Å²) in [6, 6.07) is 5.87. The van der Waals surface area contributed by atoms with Gasteiger partial charge in [-0.3, -0.25) is 24.8 Å². The molecule has 0 spiro atoms. The van der Waals surface area contributed by atoms with Gasteiger partial charge in [0.1, 0.15) is 56.2 Å². The maximum atomic E-state index is 17.6. The van der Waals surface area contributed by atoms with Crippen molar-refractivity contribution in [3.63, 3.8) is 0 Å². The van der Waals surface area contributed by atoms with Crippen molar-refractivity contribution in [1.82, 2.24) is 49.5 Å². The Morgan fingerprint density at radius 3 is 1.72 bits per heavy atom. The second-order valence-corrected chi connectivity index (χ2v) is 32.0. The van der Waals surface area contributed by atoms with E-state index in [0.29, 0.717) is 66.0 Å². The van der Waals surface area contributed by atoms with Gasteiger partial charge < -0.3 is 44.3 Å². The first-order chi connectivity index (χ1) is 47.5. The van der Waals surface area contributed by atoms with Crippen molar-refractivity contribution in [1.29, 1.82) is 10.5 Å². The van der Waals surface area contributed by atoms with Gasteiger partial charge >= 0.3 is 12.0 Å². The molecule has 8 aromatic rings. The number of likely N-dealkylation sites (N-methyl/N-ethyl adjacent to an activating group) is 4. The van der Waals surface area contributed by atoms with Crippen LogP contribution < -0.4 is 25.0 Å². The van der Waals surface area contributed by atoms with Crippen LogP contribution in [0.4, 0.5) is 48.0 Å². The number of halogens is 6. The van der Waals surface area contributed by atoms with Crippen LogP contribution in [0.3, 0.4) is 0 Å². The van der Waals surface area contributed by atoms with Gasteiger partial charge in [0.05, 0.1) is 68.9 Å². The van der Waals surface area contributed by atoms with Crippen LogP contribution in [0.15, 0.2) is 29.5 Å². The van der Waals surface area contributed by atoms with Crippen LogP contribution in [0.25, 0.3) is 64.5 Å². The lowest BCUT2D eigenvalue weighted by Crippen LogP contribution is -2.61. The molecule has 0 radical (unpaired) electrons. The normalized spacial score (nSPS) is 24.8. The smallest absolute Gasteiger partial charge is 0.319 e. The molecule has 518 valence electrons. The Kier molecular flexibility index (Phi) is 16.2. The average Bonchev–Trinajstić information content (AvgIpc) is 1.60. The minimum absolute atomic E-state index is 0.0180. The number of nitriles is 2. The van der Waals surface area contributed by atoms with Gasteiger partial charge in [0.2, 0.25) is 0 Å². The molecule has 0 amide bonds. The summed E-state index contributed by atoms with van der Waals surface area (Å²) in [5, 5.41) is 20.9. The van der Waals surface area contributed by atoms with Crippen molar-refractivity contribution in [2.75, 3.05) is 123 Å². The van der Waals surface area contributed by atoms with E-state index in [0.717, 1.165) is 140 Å². The first kappa shape index (κ1) is 65.9. The highest BCUT2D eigenvalue weighted by molar-refractivity contribution is 7.23. The van der Waals surface area contributed by atoms with E-state index in [-0.39, 0.29) is 139 Å². The molecule has 9 heterocycles. The molecular formula is C71H76F6N16O4S2. The molecule has 5 saturated carbocycles. The molecule has 99 heavy (non-hydrogen) atoms. The number of aliphatic imine (C=N–C) groups is 1.